The number of rotatable bonds is 6. The number of alkyl halides is 3. The molecule has 13 heteroatoms. The summed E-state index contributed by atoms with van der Waals surface area (Å²) in [5.74, 6) is -3.91. The van der Waals surface area contributed by atoms with Gasteiger partial charge in [0.25, 0.3) is 10.0 Å². The summed E-state index contributed by atoms with van der Waals surface area (Å²) < 4.78 is 60.6. The van der Waals surface area contributed by atoms with Crippen molar-refractivity contribution >= 4 is 33.3 Å². The molecule has 2 aliphatic rings. The lowest BCUT2D eigenvalue weighted by Gasteiger charge is -2.41. The van der Waals surface area contributed by atoms with Gasteiger partial charge in [-0.15, -0.1) is 0 Å². The minimum atomic E-state index is -5.08. The monoisotopic (exact) mass is 599 g/mol. The van der Waals surface area contributed by atoms with Crippen LogP contribution in [0, 0.1) is 20.8 Å². The van der Waals surface area contributed by atoms with Crippen LogP contribution in [0.25, 0.3) is 0 Å². The average Bonchev–Trinajstić information content (AvgIpc) is 2.88. The lowest BCUT2D eigenvalue weighted by Crippen LogP contribution is -2.50. The van der Waals surface area contributed by atoms with Gasteiger partial charge >= 0.3 is 18.1 Å². The summed E-state index contributed by atoms with van der Waals surface area (Å²) in [5, 5.41) is 17.0. The molecule has 0 aromatic heterocycles. The van der Waals surface area contributed by atoms with Gasteiger partial charge < -0.3 is 15.1 Å². The molecule has 1 aliphatic heterocycles. The van der Waals surface area contributed by atoms with Crippen molar-refractivity contribution in [2.24, 2.45) is 0 Å². The maximum atomic E-state index is 13.2. The highest BCUT2D eigenvalue weighted by Gasteiger charge is 2.38. The molecule has 2 aromatic rings. The zero-order valence-electron chi connectivity index (χ0n) is 23.3. The maximum absolute atomic E-state index is 13.2. The number of benzene rings is 2. The number of carboxylic acid groups (broad SMARTS) is 2. The van der Waals surface area contributed by atoms with Crippen molar-refractivity contribution in [2.45, 2.75) is 70.0 Å². The molecule has 9 nitrogen and oxygen atoms in total. The Morgan fingerprint density at radius 3 is 1.93 bits per heavy atom. The van der Waals surface area contributed by atoms with Gasteiger partial charge in [-0.25, -0.2) is 18.0 Å². The number of halogens is 3. The first kappa shape index (κ1) is 32.2. The number of anilines is 2. The Morgan fingerprint density at radius 1 is 0.902 bits per heavy atom. The number of nitrogens with zero attached hydrogens (tertiary/aromatic N) is 2. The second kappa shape index (κ2) is 13.1. The van der Waals surface area contributed by atoms with Gasteiger partial charge in [0.1, 0.15) is 0 Å². The van der Waals surface area contributed by atoms with E-state index in [1.54, 1.807) is 26.0 Å². The molecule has 0 bridgehead atoms. The topological polar surface area (TPSA) is 127 Å². The Kier molecular flexibility index (Phi) is 10.3. The van der Waals surface area contributed by atoms with E-state index in [1.165, 1.54) is 32.1 Å². The molecule has 3 N–H and O–H groups in total. The van der Waals surface area contributed by atoms with Gasteiger partial charge in [-0.1, -0.05) is 37.0 Å². The van der Waals surface area contributed by atoms with Gasteiger partial charge in [0.05, 0.1) is 16.1 Å². The fraction of sp³-hybridized carbons (Fsp3) is 0.500. The molecule has 2 aromatic carbocycles. The molecule has 0 unspecified atom stereocenters. The highest BCUT2D eigenvalue weighted by molar-refractivity contribution is 7.92. The van der Waals surface area contributed by atoms with E-state index in [0.717, 1.165) is 37.4 Å². The summed E-state index contributed by atoms with van der Waals surface area (Å²) in [4.78, 5) is 25.9. The van der Waals surface area contributed by atoms with Crippen LogP contribution in [0.15, 0.2) is 35.2 Å². The van der Waals surface area contributed by atoms with E-state index in [2.05, 4.69) is 14.5 Å². The number of hydrogen-bond donors (Lipinski definition) is 3. The van der Waals surface area contributed by atoms with Crippen molar-refractivity contribution in [3.05, 3.63) is 52.6 Å². The number of hydrogen-bond acceptors (Lipinski definition) is 6. The summed E-state index contributed by atoms with van der Waals surface area (Å²) in [6.45, 7) is 9.02. The van der Waals surface area contributed by atoms with E-state index >= 15 is 0 Å². The first-order chi connectivity index (χ1) is 19.1. The molecule has 41 heavy (non-hydrogen) atoms. The van der Waals surface area contributed by atoms with Crippen molar-refractivity contribution in [1.82, 2.24) is 4.90 Å². The van der Waals surface area contributed by atoms with Crippen LogP contribution in [0.5, 0.6) is 0 Å². The number of aryl methyl sites for hydroxylation is 3. The fourth-order valence-corrected chi connectivity index (χ4v) is 7.11. The van der Waals surface area contributed by atoms with E-state index in [-0.39, 0.29) is 16.1 Å². The predicted octanol–water partition coefficient (Wildman–Crippen LogP) is 5.20. The number of sulfonamides is 1. The smallest absolute Gasteiger partial charge is 0.478 e. The summed E-state index contributed by atoms with van der Waals surface area (Å²) >= 11 is 0. The van der Waals surface area contributed by atoms with Gasteiger partial charge in [0.15, 0.2) is 0 Å². The molecule has 4 rings (SSSR count). The van der Waals surface area contributed by atoms with Crippen LogP contribution < -0.4 is 9.62 Å². The number of carbonyl (C=O) groups is 2. The Balaban J connectivity index is 0.000000587. The van der Waals surface area contributed by atoms with Gasteiger partial charge in [0.2, 0.25) is 0 Å². The zero-order valence-corrected chi connectivity index (χ0v) is 24.1. The van der Waals surface area contributed by atoms with E-state index < -0.39 is 28.1 Å². The second-order valence-electron chi connectivity index (χ2n) is 10.5. The number of carboxylic acids is 2. The largest absolute Gasteiger partial charge is 0.490 e. The Hall–Kier alpha value is -3.32. The number of aromatic carboxylic acids is 1. The molecule has 2 fully saturated rings. The highest BCUT2D eigenvalue weighted by atomic mass is 32.2. The van der Waals surface area contributed by atoms with E-state index in [0.29, 0.717) is 17.2 Å². The Labute approximate surface area is 238 Å². The average molecular weight is 600 g/mol. The van der Waals surface area contributed by atoms with Crippen molar-refractivity contribution in [2.75, 3.05) is 35.8 Å². The van der Waals surface area contributed by atoms with Crippen molar-refractivity contribution < 1.29 is 41.4 Å². The quantitative estimate of drug-likeness (QED) is 0.414. The minimum Gasteiger partial charge on any atom is -0.478 e. The van der Waals surface area contributed by atoms with Gasteiger partial charge in [-0.2, -0.15) is 13.2 Å². The van der Waals surface area contributed by atoms with Crippen LogP contribution in [0.3, 0.4) is 0 Å². The van der Waals surface area contributed by atoms with E-state index in [4.69, 9.17) is 9.90 Å². The SMILES string of the molecule is Cc1cc(C)c(S(=O)(=O)Nc2ccc(N3CCN(C4CCCCC4)CC3)cc2C(=O)O)c(C)c1.O=C(O)C(F)(F)F. The van der Waals surface area contributed by atoms with Crippen LogP contribution >= 0.6 is 0 Å². The molecule has 0 spiro atoms. The van der Waals surface area contributed by atoms with Crippen LogP contribution in [0.4, 0.5) is 24.5 Å². The Bertz CT molecular complexity index is 1340. The van der Waals surface area contributed by atoms with Crippen LogP contribution in [-0.4, -0.2) is 73.9 Å². The maximum Gasteiger partial charge on any atom is 0.490 e. The van der Waals surface area contributed by atoms with Crippen LogP contribution in [0.1, 0.15) is 59.2 Å². The van der Waals surface area contributed by atoms with Crippen LogP contribution in [-0.2, 0) is 14.8 Å². The summed E-state index contributed by atoms with van der Waals surface area (Å²) in [6.07, 6.45) is 1.43. The first-order valence-corrected chi connectivity index (χ1v) is 14.9. The number of nitrogens with one attached hydrogen (secondary N) is 1. The van der Waals surface area contributed by atoms with Crippen LogP contribution in [0.2, 0.25) is 0 Å². The lowest BCUT2D eigenvalue weighted by molar-refractivity contribution is -0.192. The molecule has 0 atom stereocenters. The van der Waals surface area contributed by atoms with Gasteiger partial charge in [-0.05, 0) is 62.9 Å². The number of piperazine rings is 1. The predicted molar refractivity (Wildman–Crippen MR) is 149 cm³/mol. The first-order valence-electron chi connectivity index (χ1n) is 13.4. The van der Waals surface area contributed by atoms with Gasteiger partial charge in [-0.3, -0.25) is 9.62 Å². The molecule has 0 amide bonds. The lowest BCUT2D eigenvalue weighted by atomic mass is 9.94. The molecular weight excluding hydrogens is 563 g/mol. The molecule has 0 radical (unpaired) electrons. The summed E-state index contributed by atoms with van der Waals surface area (Å²) in [5.41, 5.74) is 3.10. The van der Waals surface area contributed by atoms with Crippen molar-refractivity contribution in [3.8, 4) is 0 Å². The normalized spacial score (nSPS) is 17.0. The molecule has 1 saturated carbocycles. The third-order valence-corrected chi connectivity index (χ3v) is 9.03. The standard InChI is InChI=1S/C26H35N3O4S.C2HF3O2/c1-18-15-19(2)25(20(3)16-18)34(32,33)27-24-10-9-22(17-23(24)26(30)31)29-13-11-28(12-14-29)21-7-5-4-6-8-21;3-2(4,5)1(6)7/h9-10,15-17,21,27H,4-8,11-14H2,1-3H3,(H,30,31);(H,6,7). The summed E-state index contributed by atoms with van der Waals surface area (Å²) in [7, 11) is -3.94. The summed E-state index contributed by atoms with van der Waals surface area (Å²) in [6, 6.07) is 9.28. The Morgan fingerprint density at radius 2 is 1.44 bits per heavy atom. The molecule has 1 aliphatic carbocycles. The van der Waals surface area contributed by atoms with Crippen molar-refractivity contribution in [1.29, 1.82) is 0 Å². The molecule has 226 valence electrons. The zero-order chi connectivity index (χ0) is 30.5. The molecular formula is C28H36F3N3O6S. The highest BCUT2D eigenvalue weighted by Crippen LogP contribution is 2.30. The van der Waals surface area contributed by atoms with E-state index in [9.17, 15) is 31.5 Å². The van der Waals surface area contributed by atoms with Gasteiger partial charge in [0, 0.05) is 37.9 Å². The third kappa shape index (κ3) is 8.35. The number of aliphatic carboxylic acids is 1. The van der Waals surface area contributed by atoms with E-state index in [1.807, 2.05) is 25.1 Å². The molecule has 1 saturated heterocycles. The molecule has 1 heterocycles. The minimum absolute atomic E-state index is 0.0433. The fourth-order valence-electron chi connectivity index (χ4n) is 5.57. The third-order valence-electron chi connectivity index (χ3n) is 7.36. The van der Waals surface area contributed by atoms with Crippen molar-refractivity contribution in [3.63, 3.8) is 0 Å². The second-order valence-corrected chi connectivity index (χ2v) is 12.1.